The average molecular weight is 254 g/mol. The lowest BCUT2D eigenvalue weighted by molar-refractivity contribution is 0.00759. The van der Waals surface area contributed by atoms with E-state index in [2.05, 4.69) is 31.0 Å². The first-order chi connectivity index (χ1) is 8.70. The summed E-state index contributed by atoms with van der Waals surface area (Å²) in [7, 11) is 0. The molecule has 0 bridgehead atoms. The highest BCUT2D eigenvalue weighted by Crippen LogP contribution is 2.44. The van der Waals surface area contributed by atoms with Crippen molar-refractivity contribution in [2.75, 3.05) is 32.8 Å². The molecule has 18 heavy (non-hydrogen) atoms. The smallest absolute Gasteiger partial charge is 0.0593 e. The van der Waals surface area contributed by atoms with E-state index in [9.17, 15) is 0 Å². The summed E-state index contributed by atoms with van der Waals surface area (Å²) in [5.74, 6) is 0.911. The highest BCUT2D eigenvalue weighted by atomic mass is 16.5. The molecule has 3 heteroatoms. The molecule has 0 spiro atoms. The van der Waals surface area contributed by atoms with Gasteiger partial charge < -0.3 is 10.1 Å². The van der Waals surface area contributed by atoms with Gasteiger partial charge in [0.1, 0.15) is 0 Å². The zero-order valence-corrected chi connectivity index (χ0v) is 12.4. The van der Waals surface area contributed by atoms with Gasteiger partial charge in [0.2, 0.25) is 0 Å². The normalized spacial score (nSPS) is 33.8. The maximum Gasteiger partial charge on any atom is 0.0593 e. The fraction of sp³-hybridized carbons (Fsp3) is 1.00. The van der Waals surface area contributed by atoms with Crippen molar-refractivity contribution < 1.29 is 4.74 Å². The van der Waals surface area contributed by atoms with Crippen LogP contribution in [0.4, 0.5) is 0 Å². The van der Waals surface area contributed by atoms with Crippen molar-refractivity contribution in [2.45, 2.75) is 58.0 Å². The number of hydrogen-bond acceptors (Lipinski definition) is 3. The molecule has 1 aliphatic carbocycles. The van der Waals surface area contributed by atoms with Gasteiger partial charge in [0.05, 0.1) is 6.61 Å². The molecule has 0 aromatic heterocycles. The number of ether oxygens (including phenoxy) is 1. The summed E-state index contributed by atoms with van der Waals surface area (Å²) in [6.45, 7) is 12.0. The lowest BCUT2D eigenvalue weighted by Gasteiger charge is -2.49. The van der Waals surface area contributed by atoms with E-state index in [1.165, 1.54) is 32.2 Å². The Morgan fingerprint density at radius 2 is 2.11 bits per heavy atom. The minimum absolute atomic E-state index is 0.376. The summed E-state index contributed by atoms with van der Waals surface area (Å²) in [5.41, 5.74) is 0.376. The maximum absolute atomic E-state index is 5.56. The molecule has 106 valence electrons. The molecule has 0 amide bonds. The van der Waals surface area contributed by atoms with Gasteiger partial charge in [0, 0.05) is 37.8 Å². The van der Waals surface area contributed by atoms with Gasteiger partial charge in [-0.05, 0) is 39.0 Å². The van der Waals surface area contributed by atoms with Gasteiger partial charge in [-0.15, -0.1) is 0 Å². The number of nitrogens with zero attached hydrogens (tertiary/aromatic N) is 1. The molecular formula is C15H30N2O. The monoisotopic (exact) mass is 254 g/mol. The second-order valence-corrected chi connectivity index (χ2v) is 6.14. The lowest BCUT2D eigenvalue weighted by atomic mass is 9.89. The van der Waals surface area contributed by atoms with Crippen LogP contribution in [-0.4, -0.2) is 49.3 Å². The predicted molar refractivity (Wildman–Crippen MR) is 75.9 cm³/mol. The molecule has 2 fully saturated rings. The van der Waals surface area contributed by atoms with Gasteiger partial charge in [-0.25, -0.2) is 0 Å². The van der Waals surface area contributed by atoms with E-state index < -0.39 is 0 Å². The van der Waals surface area contributed by atoms with Crippen LogP contribution in [0.25, 0.3) is 0 Å². The molecule has 0 aromatic carbocycles. The highest BCUT2D eigenvalue weighted by molar-refractivity contribution is 5.04. The van der Waals surface area contributed by atoms with E-state index in [1.54, 1.807) is 0 Å². The van der Waals surface area contributed by atoms with Crippen LogP contribution in [0, 0.1) is 5.92 Å². The van der Waals surface area contributed by atoms with Crippen molar-refractivity contribution in [3.8, 4) is 0 Å². The Bertz CT molecular complexity index is 255. The molecule has 2 aliphatic rings. The zero-order valence-electron chi connectivity index (χ0n) is 12.4. The Morgan fingerprint density at radius 3 is 2.72 bits per heavy atom. The third-order valence-corrected chi connectivity index (χ3v) is 4.72. The van der Waals surface area contributed by atoms with E-state index in [-0.39, 0.29) is 0 Å². The summed E-state index contributed by atoms with van der Waals surface area (Å²) >= 11 is 0. The van der Waals surface area contributed by atoms with Crippen molar-refractivity contribution in [3.63, 3.8) is 0 Å². The number of rotatable bonds is 7. The quantitative estimate of drug-likeness (QED) is 0.705. The summed E-state index contributed by atoms with van der Waals surface area (Å²) < 4.78 is 5.56. The Balaban J connectivity index is 1.92. The van der Waals surface area contributed by atoms with Gasteiger partial charge in [-0.1, -0.05) is 13.3 Å². The van der Waals surface area contributed by atoms with Gasteiger partial charge in [-0.3, -0.25) is 4.90 Å². The summed E-state index contributed by atoms with van der Waals surface area (Å²) in [6.07, 6.45) is 5.41. The molecule has 2 atom stereocenters. The lowest BCUT2D eigenvalue weighted by Crippen LogP contribution is -2.64. The van der Waals surface area contributed by atoms with Crippen molar-refractivity contribution in [1.82, 2.24) is 10.2 Å². The van der Waals surface area contributed by atoms with Crippen LogP contribution < -0.4 is 5.32 Å². The Labute approximate surface area is 112 Å². The van der Waals surface area contributed by atoms with Gasteiger partial charge >= 0.3 is 0 Å². The number of nitrogens with one attached hydrogen (secondary N) is 1. The average Bonchev–Trinajstić information content (AvgIpc) is 3.18. The zero-order chi connectivity index (χ0) is 13.0. The van der Waals surface area contributed by atoms with Crippen molar-refractivity contribution in [3.05, 3.63) is 0 Å². The molecule has 2 unspecified atom stereocenters. The fourth-order valence-corrected chi connectivity index (χ4v) is 3.32. The molecule has 1 N–H and O–H groups in total. The second kappa shape index (κ2) is 6.36. The van der Waals surface area contributed by atoms with Crippen LogP contribution in [0.3, 0.4) is 0 Å². The van der Waals surface area contributed by atoms with Crippen LogP contribution in [0.2, 0.25) is 0 Å². The van der Waals surface area contributed by atoms with Gasteiger partial charge in [0.15, 0.2) is 0 Å². The fourth-order valence-electron chi connectivity index (χ4n) is 3.32. The van der Waals surface area contributed by atoms with Crippen LogP contribution in [0.1, 0.15) is 46.5 Å². The Hall–Kier alpha value is -0.120. The first kappa shape index (κ1) is 14.3. The third-order valence-electron chi connectivity index (χ3n) is 4.72. The van der Waals surface area contributed by atoms with Crippen LogP contribution in [-0.2, 0) is 4.74 Å². The second-order valence-electron chi connectivity index (χ2n) is 6.14. The topological polar surface area (TPSA) is 24.5 Å². The molecule has 1 aliphatic heterocycles. The summed E-state index contributed by atoms with van der Waals surface area (Å²) in [5, 5.41) is 3.77. The number of piperazine rings is 1. The first-order valence-electron chi connectivity index (χ1n) is 7.77. The molecule has 3 nitrogen and oxygen atoms in total. The third kappa shape index (κ3) is 3.25. The number of hydrogen-bond donors (Lipinski definition) is 1. The largest absolute Gasteiger partial charge is 0.380 e. The van der Waals surface area contributed by atoms with Crippen LogP contribution in [0.5, 0.6) is 0 Å². The molecule has 0 radical (unpaired) electrons. The summed E-state index contributed by atoms with van der Waals surface area (Å²) in [4.78, 5) is 2.71. The molecule has 1 heterocycles. The minimum Gasteiger partial charge on any atom is -0.380 e. The molecular weight excluding hydrogens is 224 g/mol. The molecule has 0 aromatic rings. The molecule has 1 saturated carbocycles. The van der Waals surface area contributed by atoms with E-state index in [0.717, 1.165) is 32.2 Å². The SMILES string of the molecule is CCCC1CN(CCOCC)C(C)(C2CC2)CN1. The predicted octanol–water partition coefficient (Wildman–Crippen LogP) is 2.27. The van der Waals surface area contributed by atoms with E-state index in [4.69, 9.17) is 4.74 Å². The molecule has 1 saturated heterocycles. The van der Waals surface area contributed by atoms with Crippen LogP contribution in [0.15, 0.2) is 0 Å². The first-order valence-corrected chi connectivity index (χ1v) is 7.77. The standard InChI is InChI=1S/C15H30N2O/c1-4-6-14-11-17(9-10-18-5-2)15(3,12-16-14)13-7-8-13/h13-14,16H,4-12H2,1-3H3. The van der Waals surface area contributed by atoms with Gasteiger partial charge in [0.25, 0.3) is 0 Å². The highest BCUT2D eigenvalue weighted by Gasteiger charge is 2.47. The van der Waals surface area contributed by atoms with E-state index in [1.807, 2.05) is 0 Å². The maximum atomic E-state index is 5.56. The molecule has 2 rings (SSSR count). The van der Waals surface area contributed by atoms with Crippen molar-refractivity contribution >= 4 is 0 Å². The van der Waals surface area contributed by atoms with Crippen molar-refractivity contribution in [2.24, 2.45) is 5.92 Å². The van der Waals surface area contributed by atoms with Gasteiger partial charge in [-0.2, -0.15) is 0 Å². The van der Waals surface area contributed by atoms with E-state index in [0.29, 0.717) is 11.6 Å². The Morgan fingerprint density at radius 1 is 1.33 bits per heavy atom. The van der Waals surface area contributed by atoms with Crippen LogP contribution >= 0.6 is 0 Å². The van der Waals surface area contributed by atoms with Crippen molar-refractivity contribution in [1.29, 1.82) is 0 Å². The Kier molecular flexibility index (Phi) is 5.05. The minimum atomic E-state index is 0.376. The summed E-state index contributed by atoms with van der Waals surface area (Å²) in [6, 6.07) is 0.684. The van der Waals surface area contributed by atoms with E-state index >= 15 is 0 Å².